The van der Waals surface area contributed by atoms with Crippen LogP contribution in [0.1, 0.15) is 26.7 Å². The van der Waals surface area contributed by atoms with Gasteiger partial charge in [0.1, 0.15) is 0 Å². The highest BCUT2D eigenvalue weighted by molar-refractivity contribution is 5.75. The van der Waals surface area contributed by atoms with Gasteiger partial charge in [-0.1, -0.05) is 0 Å². The molecule has 0 aromatic rings. The van der Waals surface area contributed by atoms with E-state index in [1.54, 1.807) is 12.0 Å². The van der Waals surface area contributed by atoms with Crippen molar-refractivity contribution in [3.63, 3.8) is 0 Å². The van der Waals surface area contributed by atoms with Crippen LogP contribution in [-0.2, 0) is 4.74 Å². The number of ether oxygens (including phenoxy) is 1. The largest absolute Gasteiger partial charge is 0.395 e. The van der Waals surface area contributed by atoms with E-state index in [-0.39, 0.29) is 18.2 Å². The maximum absolute atomic E-state index is 11.8. The lowest BCUT2D eigenvalue weighted by Gasteiger charge is -2.27. The van der Waals surface area contributed by atoms with Crippen molar-refractivity contribution in [3.8, 4) is 0 Å². The summed E-state index contributed by atoms with van der Waals surface area (Å²) in [5.74, 6) is 0. The Kier molecular flexibility index (Phi) is 4.56. The van der Waals surface area contributed by atoms with E-state index in [0.717, 1.165) is 12.8 Å². The van der Waals surface area contributed by atoms with E-state index < -0.39 is 0 Å². The van der Waals surface area contributed by atoms with Gasteiger partial charge >= 0.3 is 6.03 Å². The van der Waals surface area contributed by atoms with Gasteiger partial charge in [0.25, 0.3) is 0 Å². The summed E-state index contributed by atoms with van der Waals surface area (Å²) in [6, 6.07) is 0.208. The predicted octanol–water partition coefficient (Wildman–Crippen LogP) is 0.578. The Morgan fingerprint density at radius 3 is 2.62 bits per heavy atom. The fraction of sp³-hybridized carbons (Fsp3) is 0.909. The van der Waals surface area contributed by atoms with Gasteiger partial charge < -0.3 is 20.1 Å². The first-order valence-electron chi connectivity index (χ1n) is 5.70. The summed E-state index contributed by atoms with van der Waals surface area (Å²) in [5.41, 5.74) is -0.357. The molecule has 0 radical (unpaired) electrons. The molecule has 5 heteroatoms. The fourth-order valence-electron chi connectivity index (χ4n) is 1.41. The van der Waals surface area contributed by atoms with Crippen molar-refractivity contribution < 1.29 is 14.6 Å². The smallest absolute Gasteiger partial charge is 0.317 e. The normalized spacial score (nSPS) is 16.0. The number of carbonyl (C=O) groups is 1. The first-order valence-corrected chi connectivity index (χ1v) is 5.70. The van der Waals surface area contributed by atoms with E-state index in [1.165, 1.54) is 0 Å². The van der Waals surface area contributed by atoms with Crippen LogP contribution >= 0.6 is 0 Å². The Hall–Kier alpha value is -0.810. The number of methoxy groups -OCH3 is 1. The predicted molar refractivity (Wildman–Crippen MR) is 61.3 cm³/mol. The summed E-state index contributed by atoms with van der Waals surface area (Å²) in [5, 5.41) is 11.7. The molecule has 0 aromatic heterocycles. The molecular formula is C11H22N2O3. The van der Waals surface area contributed by atoms with Gasteiger partial charge in [0, 0.05) is 26.2 Å². The summed E-state index contributed by atoms with van der Waals surface area (Å²) in [7, 11) is 1.62. The lowest BCUT2D eigenvalue weighted by atomic mass is 10.1. The SMILES string of the molecule is COC(C)(C)CNC(=O)N(CCO)C1CC1. The zero-order valence-electron chi connectivity index (χ0n) is 10.3. The van der Waals surface area contributed by atoms with Gasteiger partial charge in [-0.15, -0.1) is 0 Å². The lowest BCUT2D eigenvalue weighted by Crippen LogP contribution is -2.47. The van der Waals surface area contributed by atoms with Crippen LogP contribution in [0, 0.1) is 0 Å². The van der Waals surface area contributed by atoms with E-state index in [4.69, 9.17) is 9.84 Å². The van der Waals surface area contributed by atoms with Crippen LogP contribution in [0.3, 0.4) is 0 Å². The van der Waals surface area contributed by atoms with Gasteiger partial charge in [-0.3, -0.25) is 0 Å². The van der Waals surface area contributed by atoms with E-state index >= 15 is 0 Å². The van der Waals surface area contributed by atoms with Crippen molar-refractivity contribution in [2.45, 2.75) is 38.3 Å². The number of aliphatic hydroxyl groups excluding tert-OH is 1. The van der Waals surface area contributed by atoms with Gasteiger partial charge in [-0.25, -0.2) is 4.79 Å². The number of carbonyl (C=O) groups excluding carboxylic acids is 1. The summed E-state index contributed by atoms with van der Waals surface area (Å²) in [4.78, 5) is 13.5. The van der Waals surface area contributed by atoms with Crippen molar-refractivity contribution in [3.05, 3.63) is 0 Å². The highest BCUT2D eigenvalue weighted by atomic mass is 16.5. The monoisotopic (exact) mass is 230 g/mol. The second kappa shape index (κ2) is 5.50. The molecule has 0 unspecified atom stereocenters. The molecule has 0 heterocycles. The third-order valence-electron chi connectivity index (χ3n) is 2.81. The first-order chi connectivity index (χ1) is 7.50. The van der Waals surface area contributed by atoms with Gasteiger partial charge in [0.15, 0.2) is 0 Å². The van der Waals surface area contributed by atoms with Gasteiger partial charge in [0.05, 0.1) is 12.2 Å². The van der Waals surface area contributed by atoms with Crippen molar-refractivity contribution >= 4 is 6.03 Å². The van der Waals surface area contributed by atoms with Gasteiger partial charge in [-0.2, -0.15) is 0 Å². The van der Waals surface area contributed by atoms with Crippen LogP contribution in [-0.4, -0.2) is 54.5 Å². The Morgan fingerprint density at radius 2 is 2.19 bits per heavy atom. The highest BCUT2D eigenvalue weighted by Gasteiger charge is 2.32. The average Bonchev–Trinajstić information content (AvgIpc) is 3.06. The standard InChI is InChI=1S/C11H22N2O3/c1-11(2,16-3)8-12-10(15)13(6-7-14)9-4-5-9/h9,14H,4-8H2,1-3H3,(H,12,15). The van der Waals surface area contributed by atoms with Gasteiger partial charge in [-0.05, 0) is 26.7 Å². The molecule has 0 saturated heterocycles. The molecule has 5 nitrogen and oxygen atoms in total. The number of nitrogens with zero attached hydrogens (tertiary/aromatic N) is 1. The molecule has 2 amide bonds. The van der Waals surface area contributed by atoms with Crippen LogP contribution < -0.4 is 5.32 Å². The average molecular weight is 230 g/mol. The summed E-state index contributed by atoms with van der Waals surface area (Å²) >= 11 is 0. The number of amides is 2. The third-order valence-corrected chi connectivity index (χ3v) is 2.81. The zero-order valence-corrected chi connectivity index (χ0v) is 10.3. The molecule has 16 heavy (non-hydrogen) atoms. The quantitative estimate of drug-likeness (QED) is 0.701. The minimum Gasteiger partial charge on any atom is -0.395 e. The number of aliphatic hydroxyl groups is 1. The molecule has 1 aliphatic carbocycles. The maximum Gasteiger partial charge on any atom is 0.317 e. The van der Waals surface area contributed by atoms with Crippen LogP contribution in [0.5, 0.6) is 0 Å². The lowest BCUT2D eigenvalue weighted by molar-refractivity contribution is 0.0241. The van der Waals surface area contributed by atoms with Crippen LogP contribution in [0.15, 0.2) is 0 Å². The molecule has 0 aromatic carbocycles. The number of hydrogen-bond acceptors (Lipinski definition) is 3. The van der Waals surface area contributed by atoms with Crippen molar-refractivity contribution in [1.29, 1.82) is 0 Å². The number of rotatable bonds is 6. The fourth-order valence-corrected chi connectivity index (χ4v) is 1.41. The van der Waals surface area contributed by atoms with Gasteiger partial charge in [0.2, 0.25) is 0 Å². The van der Waals surface area contributed by atoms with E-state index in [9.17, 15) is 4.79 Å². The van der Waals surface area contributed by atoms with Crippen molar-refractivity contribution in [2.24, 2.45) is 0 Å². The van der Waals surface area contributed by atoms with E-state index in [2.05, 4.69) is 5.32 Å². The molecule has 94 valence electrons. The maximum atomic E-state index is 11.8. The summed E-state index contributed by atoms with van der Waals surface area (Å²) in [6.45, 7) is 4.72. The minimum atomic E-state index is -0.357. The van der Waals surface area contributed by atoms with Crippen LogP contribution in [0.25, 0.3) is 0 Å². The molecule has 0 aliphatic heterocycles. The molecule has 0 atom stereocenters. The first kappa shape index (κ1) is 13.3. The molecule has 1 aliphatic rings. The van der Waals surface area contributed by atoms with Crippen molar-refractivity contribution in [1.82, 2.24) is 10.2 Å². The Balaban J connectivity index is 2.37. The third kappa shape index (κ3) is 3.98. The molecule has 0 spiro atoms. The molecule has 2 N–H and O–H groups in total. The molecule has 1 rings (SSSR count). The molecule has 0 bridgehead atoms. The second-order valence-electron chi connectivity index (χ2n) is 4.77. The molecule has 1 fully saturated rings. The Bertz CT molecular complexity index is 239. The highest BCUT2D eigenvalue weighted by Crippen LogP contribution is 2.26. The summed E-state index contributed by atoms with van der Waals surface area (Å²) in [6.07, 6.45) is 2.09. The Labute approximate surface area is 96.8 Å². The summed E-state index contributed by atoms with van der Waals surface area (Å²) < 4.78 is 5.22. The molecule has 1 saturated carbocycles. The zero-order chi connectivity index (χ0) is 12.2. The number of hydrogen-bond donors (Lipinski definition) is 2. The molecular weight excluding hydrogens is 208 g/mol. The number of urea groups is 1. The van der Waals surface area contributed by atoms with E-state index in [0.29, 0.717) is 19.1 Å². The topological polar surface area (TPSA) is 61.8 Å². The van der Waals surface area contributed by atoms with E-state index in [1.807, 2.05) is 13.8 Å². The Morgan fingerprint density at radius 1 is 1.56 bits per heavy atom. The number of nitrogens with one attached hydrogen (secondary N) is 1. The minimum absolute atomic E-state index is 0.0115. The van der Waals surface area contributed by atoms with Crippen molar-refractivity contribution in [2.75, 3.05) is 26.8 Å². The second-order valence-corrected chi connectivity index (χ2v) is 4.77. The van der Waals surface area contributed by atoms with Crippen LogP contribution in [0.4, 0.5) is 4.79 Å². The van der Waals surface area contributed by atoms with Crippen LogP contribution in [0.2, 0.25) is 0 Å².